The fourth-order valence-corrected chi connectivity index (χ4v) is 9.28. The van der Waals surface area contributed by atoms with E-state index in [9.17, 15) is 8.42 Å². The normalized spacial score (nSPS) is 11.5. The molecule has 0 radical (unpaired) electrons. The summed E-state index contributed by atoms with van der Waals surface area (Å²) in [5.74, 6) is 0. The summed E-state index contributed by atoms with van der Waals surface area (Å²) in [5.41, 5.74) is 7.36. The van der Waals surface area contributed by atoms with Crippen LogP contribution >= 0.6 is 0 Å². The summed E-state index contributed by atoms with van der Waals surface area (Å²) in [7, 11) is -3.71. The van der Waals surface area contributed by atoms with Crippen molar-refractivity contribution in [3.63, 3.8) is 0 Å². The minimum Gasteiger partial charge on any atom is -1.00 e. The van der Waals surface area contributed by atoms with Gasteiger partial charge in [0.2, 0.25) is 0 Å². The van der Waals surface area contributed by atoms with Crippen LogP contribution in [-0.4, -0.2) is 191 Å². The first-order valence-electron chi connectivity index (χ1n) is 31.2. The summed E-state index contributed by atoms with van der Waals surface area (Å²) in [6.45, 7) is 23.2. The molecule has 7 aromatic rings. The quantitative estimate of drug-likeness (QED) is 0.0141. The van der Waals surface area contributed by atoms with E-state index in [-0.39, 0.29) is 129 Å². The molecule has 26 heteroatoms. The summed E-state index contributed by atoms with van der Waals surface area (Å²) in [4.78, 5) is 45.4. The first-order valence-corrected chi connectivity index (χ1v) is 32.6. The molecular weight excluding hydrogens is 1280 g/mol. The molecule has 504 valence electrons. The number of rotatable bonds is 41. The maximum absolute atomic E-state index is 11.9. The van der Waals surface area contributed by atoms with E-state index < -0.39 is 10.1 Å². The predicted octanol–water partition coefficient (Wildman–Crippen LogP) is 1.23. The number of benzene rings is 1. The molecule has 23 nitrogen and oxygen atoms in total. The molecule has 1 aliphatic rings. The summed E-state index contributed by atoms with van der Waals surface area (Å²) in [5, 5.41) is 11.9. The number of aromatic nitrogens is 6. The summed E-state index contributed by atoms with van der Waals surface area (Å²) >= 11 is 0. The molecule has 0 amide bonds. The van der Waals surface area contributed by atoms with Crippen LogP contribution in [0.4, 0.5) is 0 Å². The first kappa shape index (κ1) is 86.4. The Hall–Kier alpha value is -3.71. The van der Waals surface area contributed by atoms with E-state index in [4.69, 9.17) is 47.4 Å². The molecule has 0 bridgehead atoms. The van der Waals surface area contributed by atoms with Crippen molar-refractivity contribution in [2.24, 2.45) is 0 Å². The van der Waals surface area contributed by atoms with Crippen LogP contribution in [-0.2, 0) is 96.4 Å². The SMILES string of the molecule is C1CCOC1.CCOCCOCCOCCN(CCN(Cc1ccccn1)Cc1ccccn1)Cc1ccccn1.CCOCCOCCOCCOS(=O)(=O)c1ccc(C)cc1.O=CO[O-].[H-].[K+].[K+].c1ccc(CNCCN(Cc2ccccn2)Cc2ccccn2)nc1. The first-order chi connectivity index (χ1) is 45.2. The van der Waals surface area contributed by atoms with Gasteiger partial charge in [-0.15, -0.1) is 0 Å². The minimum absolute atomic E-state index is 0. The minimum atomic E-state index is -3.71. The Kier molecular flexibility index (Phi) is 54.5. The van der Waals surface area contributed by atoms with E-state index >= 15 is 0 Å². The molecule has 6 aromatic heterocycles. The molecule has 1 fully saturated rings. The van der Waals surface area contributed by atoms with Gasteiger partial charge in [-0.1, -0.05) is 54.1 Å². The number of hydrogen-bond donors (Lipinski definition) is 1. The molecule has 0 saturated carbocycles. The Morgan fingerprint density at radius 3 is 1.16 bits per heavy atom. The van der Waals surface area contributed by atoms with Crippen LogP contribution in [0.3, 0.4) is 0 Å². The number of pyridine rings is 6. The fraction of sp³-hybridized carbons (Fsp3) is 0.456. The third-order valence-electron chi connectivity index (χ3n) is 13.0. The Bertz CT molecular complexity index is 2840. The average Bonchev–Trinajstić information content (AvgIpc) is 1.21. The van der Waals surface area contributed by atoms with Crippen molar-refractivity contribution in [1.29, 1.82) is 0 Å². The summed E-state index contributed by atoms with van der Waals surface area (Å²) < 4.78 is 65.8. The summed E-state index contributed by atoms with van der Waals surface area (Å²) in [6.07, 6.45) is 13.6. The van der Waals surface area contributed by atoms with Crippen LogP contribution in [0, 0.1) is 6.92 Å². The van der Waals surface area contributed by atoms with Crippen molar-refractivity contribution in [2.75, 3.05) is 132 Å². The van der Waals surface area contributed by atoms with E-state index in [0.717, 1.165) is 125 Å². The molecule has 0 aliphatic carbocycles. The molecule has 94 heavy (non-hydrogen) atoms. The third kappa shape index (κ3) is 45.0. The molecule has 1 aromatic carbocycles. The van der Waals surface area contributed by atoms with Gasteiger partial charge in [0.15, 0.2) is 0 Å². The van der Waals surface area contributed by atoms with Gasteiger partial charge in [-0.05, 0) is 119 Å². The van der Waals surface area contributed by atoms with Gasteiger partial charge in [-0.3, -0.25) is 53.6 Å². The smallest absolute Gasteiger partial charge is 1.00 e. The van der Waals surface area contributed by atoms with Crippen LogP contribution in [0.1, 0.15) is 67.8 Å². The van der Waals surface area contributed by atoms with E-state index in [1.165, 1.54) is 25.0 Å². The molecule has 0 unspecified atom stereocenters. The molecule has 0 atom stereocenters. The molecule has 8 rings (SSSR count). The third-order valence-corrected chi connectivity index (χ3v) is 14.3. The van der Waals surface area contributed by atoms with Crippen molar-refractivity contribution in [1.82, 2.24) is 49.9 Å². The van der Waals surface area contributed by atoms with Crippen molar-refractivity contribution in [2.45, 2.75) is 77.8 Å². The maximum Gasteiger partial charge on any atom is 1.00 e. The standard InChI is InChI=1S/C28H39N5O3.C20H23N5.C15H24O6S.C4H8O.CH2O3.2K.H/c1-2-34-19-20-36-22-21-35-18-17-32(23-26-9-3-6-12-29-26)15-16-33(24-27-10-4-7-13-30-27)25-28-11-5-8-14-31-28;1-4-10-22-18(7-1)15-21-13-14-25(16-19-8-2-5-11-23-19)17-20-9-3-6-12-24-20;1-3-18-8-9-19-10-11-20-12-13-21-22(16,17)15-6-4-14(2)5-7-15;1-2-4-5-3-1;2-1-4-3;;;/h3-14H,2,15-25H2,1H3;1-12,21H,13-17H2;4-7H,3,8-13H2,1-2H3;1-4H2;1,3H;;;/q;;;;;2*+1;-1/p-1. The van der Waals surface area contributed by atoms with Crippen molar-refractivity contribution < 1.29 is 165 Å². The number of hydrogen-bond acceptors (Lipinski definition) is 23. The van der Waals surface area contributed by atoms with Crippen molar-refractivity contribution in [3.05, 3.63) is 210 Å². The van der Waals surface area contributed by atoms with Gasteiger partial charge >= 0.3 is 103 Å². The van der Waals surface area contributed by atoms with Crippen LogP contribution in [0.15, 0.2) is 176 Å². The van der Waals surface area contributed by atoms with E-state index in [2.05, 4.69) is 85.1 Å². The number of nitrogens with one attached hydrogen (secondary N) is 1. The second kappa shape index (κ2) is 59.4. The van der Waals surface area contributed by atoms with Gasteiger partial charge in [0, 0.05) is 136 Å². The Morgan fingerprint density at radius 1 is 0.468 bits per heavy atom. The zero-order chi connectivity index (χ0) is 65.5. The van der Waals surface area contributed by atoms with Gasteiger partial charge in [0.25, 0.3) is 16.6 Å². The Balaban J connectivity index is 0.000000674. The van der Waals surface area contributed by atoms with Gasteiger partial charge in [-0.2, -0.15) is 8.42 Å². The fourth-order valence-electron chi connectivity index (χ4n) is 8.39. The molecule has 1 saturated heterocycles. The number of aryl methyl sites for hydroxylation is 1. The van der Waals surface area contributed by atoms with Crippen LogP contribution < -0.4 is 113 Å². The molecular formula is C68H96K2N10O13S. The number of nitrogens with zero attached hydrogens (tertiary/aromatic N) is 9. The van der Waals surface area contributed by atoms with Gasteiger partial charge < -0.3 is 50.0 Å². The molecule has 1 aliphatic heterocycles. The topological polar surface area (TPSA) is 256 Å². The van der Waals surface area contributed by atoms with Gasteiger partial charge in [0.1, 0.15) is 0 Å². The zero-order valence-corrected chi connectivity index (χ0v) is 62.8. The average molecular weight is 1370 g/mol. The van der Waals surface area contributed by atoms with E-state index in [1.54, 1.807) is 12.1 Å². The monoisotopic (exact) mass is 1370 g/mol. The molecule has 7 heterocycles. The van der Waals surface area contributed by atoms with Crippen LogP contribution in [0.5, 0.6) is 0 Å². The summed E-state index contributed by atoms with van der Waals surface area (Å²) in [6, 6.07) is 42.7. The van der Waals surface area contributed by atoms with Gasteiger partial charge in [-0.25, -0.2) is 0 Å². The van der Waals surface area contributed by atoms with Crippen molar-refractivity contribution in [3.8, 4) is 0 Å². The van der Waals surface area contributed by atoms with Crippen LogP contribution in [0.2, 0.25) is 0 Å². The number of ether oxygens (including phenoxy) is 7. The second-order valence-electron chi connectivity index (χ2n) is 20.2. The maximum atomic E-state index is 11.9. The zero-order valence-electron chi connectivity index (χ0n) is 56.8. The largest absolute Gasteiger partial charge is 1.00 e. The predicted molar refractivity (Wildman–Crippen MR) is 350 cm³/mol. The second-order valence-corrected chi connectivity index (χ2v) is 21.9. The van der Waals surface area contributed by atoms with Gasteiger partial charge in [0.05, 0.1) is 112 Å². The van der Waals surface area contributed by atoms with E-state index in [0.29, 0.717) is 72.7 Å². The Labute approximate surface area is 644 Å². The van der Waals surface area contributed by atoms with Crippen molar-refractivity contribution >= 4 is 16.6 Å². The number of carbonyl (C=O) groups excluding carboxylic acids is 1. The van der Waals surface area contributed by atoms with E-state index in [1.807, 2.05) is 137 Å². The molecule has 1 N–H and O–H groups in total. The molecule has 0 spiro atoms. The Morgan fingerprint density at radius 2 is 0.809 bits per heavy atom. The van der Waals surface area contributed by atoms with Crippen LogP contribution in [0.25, 0.3) is 0 Å². The number of carbonyl (C=O) groups is 1.